The van der Waals surface area contributed by atoms with Gasteiger partial charge in [-0.2, -0.15) is 0 Å². The van der Waals surface area contributed by atoms with Gasteiger partial charge in [-0.25, -0.2) is 0 Å². The molecule has 15 heavy (non-hydrogen) atoms. The van der Waals surface area contributed by atoms with Gasteiger partial charge in [0.05, 0.1) is 4.91 Å². The molecule has 2 nitrogen and oxygen atoms in total. The fourth-order valence-electron chi connectivity index (χ4n) is 0.995. The minimum absolute atomic E-state index is 0.107. The number of carbonyl (C=O) groups is 1. The molecule has 0 saturated carbocycles. The van der Waals surface area contributed by atoms with Crippen LogP contribution in [0.1, 0.15) is 6.92 Å². The molecule has 0 radical (unpaired) electrons. The Morgan fingerprint density at radius 1 is 1.73 bits per heavy atom. The van der Waals surface area contributed by atoms with Gasteiger partial charge in [-0.05, 0) is 13.0 Å². The number of nitrogens with zero attached hydrogens (tertiary/aromatic N) is 1. The first-order valence-electron chi connectivity index (χ1n) is 4.28. The predicted molar refractivity (Wildman–Crippen MR) is 69.8 cm³/mol. The number of hydrogen-bond acceptors (Lipinski definition) is 3. The van der Waals surface area contributed by atoms with E-state index < -0.39 is 0 Å². The zero-order valence-electron chi connectivity index (χ0n) is 8.20. The third kappa shape index (κ3) is 2.93. The van der Waals surface area contributed by atoms with Crippen molar-refractivity contribution in [1.29, 1.82) is 0 Å². The second kappa shape index (κ2) is 5.49. The molecule has 1 aliphatic rings. The standard InChI is InChI=1S/C10H10ClNOS2/c1-3-5-12-9(13)8(15-10(12)14)6-7(11)4-2/h3-4,6H,1,5H2,2H3/b7-4-,8-6-. The molecule has 1 rings (SSSR count). The molecule has 1 amide bonds. The van der Waals surface area contributed by atoms with E-state index in [9.17, 15) is 4.79 Å². The SMILES string of the molecule is C=CCN1C(=O)/C(=C/C(Cl)=C/C)SC1=S. The van der Waals surface area contributed by atoms with Crippen LogP contribution in [0.2, 0.25) is 0 Å². The van der Waals surface area contributed by atoms with Crippen LogP contribution < -0.4 is 0 Å². The Balaban J connectivity index is 2.91. The molecule has 80 valence electrons. The quantitative estimate of drug-likeness (QED) is 0.441. The summed E-state index contributed by atoms with van der Waals surface area (Å²) in [5.41, 5.74) is 0. The van der Waals surface area contributed by atoms with Crippen LogP contribution in [0.4, 0.5) is 0 Å². The molecule has 0 aromatic heterocycles. The normalized spacial score (nSPS) is 20.3. The average molecular weight is 260 g/mol. The van der Waals surface area contributed by atoms with Crippen LogP contribution >= 0.6 is 35.6 Å². The summed E-state index contributed by atoms with van der Waals surface area (Å²) in [7, 11) is 0. The van der Waals surface area contributed by atoms with Crippen molar-refractivity contribution in [2.75, 3.05) is 6.54 Å². The lowest BCUT2D eigenvalue weighted by Gasteiger charge is -2.10. The molecule has 0 spiro atoms. The summed E-state index contributed by atoms with van der Waals surface area (Å²) in [4.78, 5) is 13.8. The number of thioether (sulfide) groups is 1. The van der Waals surface area contributed by atoms with E-state index in [1.807, 2.05) is 6.92 Å². The van der Waals surface area contributed by atoms with E-state index in [1.165, 1.54) is 16.7 Å². The minimum Gasteiger partial charge on any atom is -0.289 e. The molecule has 0 aromatic rings. The average Bonchev–Trinajstić information content (AvgIpc) is 2.46. The highest BCUT2D eigenvalue weighted by atomic mass is 35.5. The van der Waals surface area contributed by atoms with Crippen LogP contribution in [-0.2, 0) is 4.79 Å². The number of allylic oxidation sites excluding steroid dienone is 3. The Morgan fingerprint density at radius 3 is 2.93 bits per heavy atom. The monoisotopic (exact) mass is 259 g/mol. The fourth-order valence-corrected chi connectivity index (χ4v) is 2.43. The maximum absolute atomic E-state index is 11.8. The highest BCUT2D eigenvalue weighted by Gasteiger charge is 2.30. The highest BCUT2D eigenvalue weighted by molar-refractivity contribution is 8.26. The zero-order chi connectivity index (χ0) is 11.4. The summed E-state index contributed by atoms with van der Waals surface area (Å²) in [5, 5.41) is 0.536. The maximum atomic E-state index is 11.8. The molecule has 1 saturated heterocycles. The number of rotatable bonds is 3. The molecular formula is C10H10ClNOS2. The van der Waals surface area contributed by atoms with Crippen LogP contribution in [0.15, 0.2) is 34.7 Å². The lowest BCUT2D eigenvalue weighted by molar-refractivity contribution is -0.121. The third-order valence-corrected chi connectivity index (χ3v) is 3.44. The fraction of sp³-hybridized carbons (Fsp3) is 0.200. The van der Waals surface area contributed by atoms with Gasteiger partial charge in [0, 0.05) is 11.6 Å². The summed E-state index contributed by atoms with van der Waals surface area (Å²) in [6.45, 7) is 5.82. The van der Waals surface area contributed by atoms with E-state index in [0.717, 1.165) is 0 Å². The van der Waals surface area contributed by atoms with E-state index in [0.29, 0.717) is 20.8 Å². The Hall–Kier alpha value is -0.580. The largest absolute Gasteiger partial charge is 0.289 e. The Labute approximate surface area is 104 Å². The molecule has 0 N–H and O–H groups in total. The molecule has 0 aromatic carbocycles. The van der Waals surface area contributed by atoms with E-state index in [2.05, 4.69) is 6.58 Å². The summed E-state index contributed by atoms with van der Waals surface area (Å²) < 4.78 is 0.548. The van der Waals surface area contributed by atoms with Crippen molar-refractivity contribution in [2.45, 2.75) is 6.92 Å². The lowest BCUT2D eigenvalue weighted by atomic mass is 10.4. The van der Waals surface area contributed by atoms with E-state index in [4.69, 9.17) is 23.8 Å². The van der Waals surface area contributed by atoms with E-state index >= 15 is 0 Å². The predicted octanol–water partition coefficient (Wildman–Crippen LogP) is 3.06. The van der Waals surface area contributed by atoms with Crippen molar-refractivity contribution < 1.29 is 4.79 Å². The molecule has 1 fully saturated rings. The number of thiocarbonyl (C=S) groups is 1. The van der Waals surface area contributed by atoms with Gasteiger partial charge in [-0.15, -0.1) is 6.58 Å². The van der Waals surface area contributed by atoms with Gasteiger partial charge in [0.1, 0.15) is 4.32 Å². The molecule has 0 bridgehead atoms. The Morgan fingerprint density at radius 2 is 2.40 bits per heavy atom. The van der Waals surface area contributed by atoms with Crippen molar-refractivity contribution in [1.82, 2.24) is 4.90 Å². The van der Waals surface area contributed by atoms with Gasteiger partial charge in [-0.3, -0.25) is 9.69 Å². The molecule has 0 atom stereocenters. The molecule has 5 heteroatoms. The second-order valence-electron chi connectivity index (χ2n) is 2.75. The number of halogens is 1. The van der Waals surface area contributed by atoms with Crippen LogP contribution in [0.5, 0.6) is 0 Å². The van der Waals surface area contributed by atoms with Gasteiger partial charge in [0.2, 0.25) is 0 Å². The second-order valence-corrected chi connectivity index (χ2v) is 4.87. The third-order valence-electron chi connectivity index (χ3n) is 1.73. The summed E-state index contributed by atoms with van der Waals surface area (Å²) in [6, 6.07) is 0. The van der Waals surface area contributed by atoms with Crippen LogP contribution in [0.3, 0.4) is 0 Å². The van der Waals surface area contributed by atoms with Crippen molar-refractivity contribution in [3.05, 3.63) is 34.7 Å². The summed E-state index contributed by atoms with van der Waals surface area (Å²) in [5.74, 6) is -0.107. The van der Waals surface area contributed by atoms with E-state index in [-0.39, 0.29) is 5.91 Å². The van der Waals surface area contributed by atoms with Gasteiger partial charge >= 0.3 is 0 Å². The first kappa shape index (κ1) is 12.5. The molecule has 1 heterocycles. The maximum Gasteiger partial charge on any atom is 0.266 e. The zero-order valence-corrected chi connectivity index (χ0v) is 10.6. The van der Waals surface area contributed by atoms with Crippen LogP contribution in [0.25, 0.3) is 0 Å². The molecule has 1 aliphatic heterocycles. The molecule has 0 unspecified atom stereocenters. The van der Waals surface area contributed by atoms with Crippen LogP contribution in [0, 0.1) is 0 Å². The van der Waals surface area contributed by atoms with Crippen LogP contribution in [-0.4, -0.2) is 21.7 Å². The smallest absolute Gasteiger partial charge is 0.266 e. The summed E-state index contributed by atoms with van der Waals surface area (Å²) in [6.07, 6.45) is 5.00. The van der Waals surface area contributed by atoms with Gasteiger partial charge in [0.15, 0.2) is 0 Å². The van der Waals surface area contributed by atoms with Gasteiger partial charge in [0.25, 0.3) is 5.91 Å². The van der Waals surface area contributed by atoms with E-state index in [1.54, 1.807) is 18.2 Å². The van der Waals surface area contributed by atoms with Gasteiger partial charge < -0.3 is 0 Å². The van der Waals surface area contributed by atoms with Crippen molar-refractivity contribution in [2.24, 2.45) is 0 Å². The molecule has 0 aliphatic carbocycles. The first-order chi connectivity index (χ1) is 7.10. The van der Waals surface area contributed by atoms with Crippen molar-refractivity contribution in [3.63, 3.8) is 0 Å². The Kier molecular flexibility index (Phi) is 4.57. The number of hydrogen-bond donors (Lipinski definition) is 0. The number of amides is 1. The van der Waals surface area contributed by atoms with Crippen molar-refractivity contribution in [3.8, 4) is 0 Å². The summed E-state index contributed by atoms with van der Waals surface area (Å²) >= 11 is 12.1. The topological polar surface area (TPSA) is 20.3 Å². The van der Waals surface area contributed by atoms with Crippen molar-refractivity contribution >= 4 is 45.8 Å². The minimum atomic E-state index is -0.107. The number of carbonyl (C=O) groups excluding carboxylic acids is 1. The Bertz CT molecular complexity index is 374. The highest BCUT2D eigenvalue weighted by Crippen LogP contribution is 2.32. The van der Waals surface area contributed by atoms with Gasteiger partial charge in [-0.1, -0.05) is 47.7 Å². The molecular weight excluding hydrogens is 250 g/mol. The first-order valence-corrected chi connectivity index (χ1v) is 5.88. The lowest BCUT2D eigenvalue weighted by Crippen LogP contribution is -2.27.